The average Bonchev–Trinajstić information content (AvgIpc) is 3.66. The molecule has 256 valence electrons. The maximum absolute atomic E-state index is 6.49. The van der Waals surface area contributed by atoms with Gasteiger partial charge in [-0.2, -0.15) is 0 Å². The Morgan fingerprint density at radius 1 is 0.345 bits per heavy atom. The van der Waals surface area contributed by atoms with E-state index in [1.807, 2.05) is 24.3 Å². The molecule has 0 saturated carbocycles. The zero-order valence-electron chi connectivity index (χ0n) is 29.8. The smallest absolute Gasteiger partial charge is 0.162 e. The highest BCUT2D eigenvalue weighted by molar-refractivity contribution is 6.21. The Morgan fingerprint density at radius 3 is 1.69 bits per heavy atom. The molecule has 3 nitrogen and oxygen atoms in total. The van der Waals surface area contributed by atoms with E-state index in [-0.39, 0.29) is 0 Å². The first-order chi connectivity index (χ1) is 27.2. The fraction of sp³-hybridized carbons (Fsp3) is 0. The molecule has 0 aliphatic carbocycles. The van der Waals surface area contributed by atoms with Gasteiger partial charge in [0.15, 0.2) is 5.58 Å². The van der Waals surface area contributed by atoms with Gasteiger partial charge >= 0.3 is 0 Å². The number of benzene rings is 8. The molecule has 11 aromatic rings. The summed E-state index contributed by atoms with van der Waals surface area (Å²) in [4.78, 5) is 10.3. The van der Waals surface area contributed by atoms with Gasteiger partial charge in [0.05, 0.1) is 16.9 Å². The minimum Gasteiger partial charge on any atom is -0.454 e. The lowest BCUT2D eigenvalue weighted by atomic mass is 9.92. The summed E-state index contributed by atoms with van der Waals surface area (Å²) in [7, 11) is 0. The van der Waals surface area contributed by atoms with Crippen molar-refractivity contribution in [2.75, 3.05) is 0 Å². The van der Waals surface area contributed by atoms with Gasteiger partial charge in [0.2, 0.25) is 0 Å². The van der Waals surface area contributed by atoms with Crippen molar-refractivity contribution in [3.05, 3.63) is 194 Å². The summed E-state index contributed by atoms with van der Waals surface area (Å²) in [5.74, 6) is 0. The van der Waals surface area contributed by atoms with E-state index in [1.165, 1.54) is 32.7 Å². The van der Waals surface area contributed by atoms with E-state index in [2.05, 4.69) is 170 Å². The number of pyridine rings is 2. The van der Waals surface area contributed by atoms with Crippen molar-refractivity contribution < 1.29 is 4.42 Å². The number of rotatable bonds is 5. The Kier molecular flexibility index (Phi) is 7.17. The van der Waals surface area contributed by atoms with Gasteiger partial charge in [0, 0.05) is 32.8 Å². The van der Waals surface area contributed by atoms with Gasteiger partial charge in [-0.05, 0) is 74.1 Å². The van der Waals surface area contributed by atoms with Crippen molar-refractivity contribution in [3.8, 4) is 56.0 Å². The third kappa shape index (κ3) is 5.28. The lowest BCUT2D eigenvalue weighted by Gasteiger charge is -2.13. The molecule has 0 bridgehead atoms. The lowest BCUT2D eigenvalue weighted by Crippen LogP contribution is -1.92. The number of para-hydroxylation sites is 2. The number of hydrogen-bond acceptors (Lipinski definition) is 3. The van der Waals surface area contributed by atoms with Crippen LogP contribution in [0.5, 0.6) is 0 Å². The van der Waals surface area contributed by atoms with Crippen LogP contribution in [0.15, 0.2) is 199 Å². The second kappa shape index (κ2) is 12.6. The minimum absolute atomic E-state index is 0.805. The Balaban J connectivity index is 1.01. The van der Waals surface area contributed by atoms with E-state index in [0.29, 0.717) is 0 Å². The number of aromatic nitrogens is 2. The summed E-state index contributed by atoms with van der Waals surface area (Å²) in [5.41, 5.74) is 13.1. The topological polar surface area (TPSA) is 38.9 Å². The van der Waals surface area contributed by atoms with E-state index in [9.17, 15) is 0 Å². The standard InChI is InChI=1S/C52H32N2O/c1-2-12-35(13-3-1)47-31-39(33-22-24-34(25-23-33)45-30-38-14-4-5-15-40(38)41-16-6-7-17-42(41)45)32-48(53-47)36-26-28-37(29-27-36)51-52-50(43-18-8-10-20-46(43)54-51)44-19-9-11-21-49(44)55-52/h1-32H. The molecule has 0 spiro atoms. The van der Waals surface area contributed by atoms with E-state index >= 15 is 0 Å². The third-order valence-electron chi connectivity index (χ3n) is 10.9. The number of hydrogen-bond donors (Lipinski definition) is 0. The predicted molar refractivity (Wildman–Crippen MR) is 229 cm³/mol. The van der Waals surface area contributed by atoms with Crippen LogP contribution in [-0.2, 0) is 0 Å². The molecule has 55 heavy (non-hydrogen) atoms. The molecule has 0 unspecified atom stereocenters. The SMILES string of the molecule is c1ccc(-c2cc(-c3ccc(-c4cc5ccccc5c5ccccc45)cc3)cc(-c3ccc(-c4nc5ccccc5c5c4oc4ccccc45)cc3)n2)cc1. The Labute approximate surface area is 317 Å². The monoisotopic (exact) mass is 700 g/mol. The maximum Gasteiger partial charge on any atom is 0.162 e. The van der Waals surface area contributed by atoms with Crippen molar-refractivity contribution in [3.63, 3.8) is 0 Å². The van der Waals surface area contributed by atoms with Crippen LogP contribution in [0, 0.1) is 0 Å². The fourth-order valence-corrected chi connectivity index (χ4v) is 8.17. The Bertz CT molecular complexity index is 3230. The van der Waals surface area contributed by atoms with Crippen molar-refractivity contribution in [2.24, 2.45) is 0 Å². The zero-order valence-corrected chi connectivity index (χ0v) is 29.8. The predicted octanol–water partition coefficient (Wildman–Crippen LogP) is 14.2. The molecule has 8 aromatic carbocycles. The van der Waals surface area contributed by atoms with Gasteiger partial charge < -0.3 is 4.42 Å². The molecule has 3 aromatic heterocycles. The first-order valence-corrected chi connectivity index (χ1v) is 18.6. The second-order valence-corrected chi connectivity index (χ2v) is 14.1. The highest BCUT2D eigenvalue weighted by atomic mass is 16.3. The number of nitrogens with zero attached hydrogens (tertiary/aromatic N) is 2. The fourth-order valence-electron chi connectivity index (χ4n) is 8.17. The van der Waals surface area contributed by atoms with E-state index in [1.54, 1.807) is 0 Å². The van der Waals surface area contributed by atoms with Crippen LogP contribution in [0.2, 0.25) is 0 Å². The van der Waals surface area contributed by atoms with Crippen LogP contribution in [0.25, 0.3) is 110 Å². The van der Waals surface area contributed by atoms with Crippen molar-refractivity contribution in [2.45, 2.75) is 0 Å². The van der Waals surface area contributed by atoms with Crippen molar-refractivity contribution >= 4 is 54.4 Å². The zero-order chi connectivity index (χ0) is 36.3. The summed E-state index contributed by atoms with van der Waals surface area (Å²) >= 11 is 0. The molecule has 0 N–H and O–H groups in total. The van der Waals surface area contributed by atoms with Crippen LogP contribution >= 0.6 is 0 Å². The average molecular weight is 701 g/mol. The molecule has 11 rings (SSSR count). The molecule has 0 amide bonds. The first kappa shape index (κ1) is 31.2. The van der Waals surface area contributed by atoms with E-state index in [0.717, 1.165) is 77.7 Å². The molecule has 0 radical (unpaired) electrons. The van der Waals surface area contributed by atoms with Gasteiger partial charge in [-0.1, -0.05) is 164 Å². The second-order valence-electron chi connectivity index (χ2n) is 14.1. The number of furan rings is 1. The first-order valence-electron chi connectivity index (χ1n) is 18.6. The largest absolute Gasteiger partial charge is 0.454 e. The van der Waals surface area contributed by atoms with Gasteiger partial charge in [0.25, 0.3) is 0 Å². The molecular formula is C52H32N2O. The van der Waals surface area contributed by atoms with Crippen molar-refractivity contribution in [1.29, 1.82) is 0 Å². The normalized spacial score (nSPS) is 11.6. The van der Waals surface area contributed by atoms with Crippen LogP contribution < -0.4 is 0 Å². The molecule has 0 aliphatic rings. The minimum atomic E-state index is 0.805. The summed E-state index contributed by atoms with van der Waals surface area (Å²) < 4.78 is 6.49. The van der Waals surface area contributed by atoms with Crippen LogP contribution in [0.4, 0.5) is 0 Å². The molecule has 0 fully saturated rings. The van der Waals surface area contributed by atoms with Gasteiger partial charge in [-0.15, -0.1) is 0 Å². The maximum atomic E-state index is 6.49. The van der Waals surface area contributed by atoms with Gasteiger partial charge in [0.1, 0.15) is 11.3 Å². The van der Waals surface area contributed by atoms with Crippen LogP contribution in [0.3, 0.4) is 0 Å². The Hall–Kier alpha value is -7.36. The third-order valence-corrected chi connectivity index (χ3v) is 10.9. The highest BCUT2D eigenvalue weighted by Crippen LogP contribution is 2.40. The van der Waals surface area contributed by atoms with Gasteiger partial charge in [-0.25, -0.2) is 9.97 Å². The lowest BCUT2D eigenvalue weighted by molar-refractivity contribution is 0.669. The summed E-state index contributed by atoms with van der Waals surface area (Å²) in [6.45, 7) is 0. The summed E-state index contributed by atoms with van der Waals surface area (Å²) in [6, 6.07) is 68.6. The van der Waals surface area contributed by atoms with Crippen LogP contribution in [0.1, 0.15) is 0 Å². The molecule has 3 heterocycles. The number of fused-ring (bicyclic) bond motifs is 8. The van der Waals surface area contributed by atoms with E-state index in [4.69, 9.17) is 14.4 Å². The molecule has 0 atom stereocenters. The Morgan fingerprint density at radius 2 is 0.909 bits per heavy atom. The summed E-state index contributed by atoms with van der Waals surface area (Å²) in [5, 5.41) is 8.35. The summed E-state index contributed by atoms with van der Waals surface area (Å²) in [6.07, 6.45) is 0. The van der Waals surface area contributed by atoms with E-state index < -0.39 is 0 Å². The van der Waals surface area contributed by atoms with Crippen molar-refractivity contribution in [1.82, 2.24) is 9.97 Å². The highest BCUT2D eigenvalue weighted by Gasteiger charge is 2.18. The molecule has 0 aliphatic heterocycles. The van der Waals surface area contributed by atoms with Crippen LogP contribution in [-0.4, -0.2) is 9.97 Å². The molecular weight excluding hydrogens is 669 g/mol. The molecule has 3 heteroatoms. The molecule has 0 saturated heterocycles. The quantitative estimate of drug-likeness (QED) is 0.168. The van der Waals surface area contributed by atoms with Gasteiger partial charge in [-0.3, -0.25) is 0 Å².